The average molecular weight is 391 g/mol. The molecule has 5 rings (SSSR count). The second-order valence-electron chi connectivity index (χ2n) is 5.75. The Morgan fingerprint density at radius 2 is 1.93 bits per heavy atom. The number of ether oxygens (including phenoxy) is 1. The SMILES string of the molecule is COc1ccc(-c2csc3ncnc(Sc4nnc5ccccn45)c23)cc1. The maximum Gasteiger partial charge on any atom is 0.201 e. The third-order valence-electron chi connectivity index (χ3n) is 4.21. The van der Waals surface area contributed by atoms with Crippen LogP contribution < -0.4 is 4.74 Å². The normalized spacial score (nSPS) is 11.3. The largest absolute Gasteiger partial charge is 0.497 e. The quantitative estimate of drug-likeness (QED) is 0.419. The van der Waals surface area contributed by atoms with E-state index in [9.17, 15) is 0 Å². The maximum atomic E-state index is 5.26. The van der Waals surface area contributed by atoms with E-state index >= 15 is 0 Å². The molecular weight excluding hydrogens is 378 g/mol. The summed E-state index contributed by atoms with van der Waals surface area (Å²) in [6.07, 6.45) is 3.55. The summed E-state index contributed by atoms with van der Waals surface area (Å²) in [4.78, 5) is 9.92. The number of benzene rings is 1. The van der Waals surface area contributed by atoms with Gasteiger partial charge in [-0.2, -0.15) is 0 Å². The van der Waals surface area contributed by atoms with Gasteiger partial charge in [0, 0.05) is 17.1 Å². The van der Waals surface area contributed by atoms with Crippen molar-refractivity contribution in [2.24, 2.45) is 0 Å². The lowest BCUT2D eigenvalue weighted by molar-refractivity contribution is 0.415. The zero-order valence-electron chi connectivity index (χ0n) is 14.2. The second-order valence-corrected chi connectivity index (χ2v) is 7.56. The molecule has 6 nitrogen and oxygen atoms in total. The number of rotatable bonds is 4. The molecule has 0 saturated carbocycles. The van der Waals surface area contributed by atoms with E-state index in [2.05, 4.69) is 25.5 Å². The third-order valence-corrected chi connectivity index (χ3v) is 6.06. The van der Waals surface area contributed by atoms with Crippen molar-refractivity contribution in [3.8, 4) is 16.9 Å². The van der Waals surface area contributed by atoms with Gasteiger partial charge in [-0.15, -0.1) is 21.5 Å². The first kappa shape index (κ1) is 16.2. The Bertz CT molecular complexity index is 1250. The molecule has 0 N–H and O–H groups in total. The monoisotopic (exact) mass is 391 g/mol. The molecule has 0 radical (unpaired) electrons. The van der Waals surface area contributed by atoms with Gasteiger partial charge in [0.25, 0.3) is 0 Å². The van der Waals surface area contributed by atoms with E-state index in [1.807, 2.05) is 53.1 Å². The molecule has 5 aromatic rings. The first-order chi connectivity index (χ1) is 13.3. The Morgan fingerprint density at radius 3 is 2.78 bits per heavy atom. The van der Waals surface area contributed by atoms with E-state index in [0.717, 1.165) is 42.9 Å². The number of hydrogen-bond acceptors (Lipinski definition) is 7. The Balaban J connectivity index is 1.63. The van der Waals surface area contributed by atoms with Crippen LogP contribution in [0, 0.1) is 0 Å². The topological polar surface area (TPSA) is 65.2 Å². The third kappa shape index (κ3) is 2.83. The van der Waals surface area contributed by atoms with Gasteiger partial charge in [-0.25, -0.2) is 9.97 Å². The summed E-state index contributed by atoms with van der Waals surface area (Å²) in [5.74, 6) is 0.832. The van der Waals surface area contributed by atoms with Crippen LogP contribution in [0.15, 0.2) is 70.6 Å². The number of fused-ring (bicyclic) bond motifs is 2. The van der Waals surface area contributed by atoms with Crippen LogP contribution in [-0.4, -0.2) is 31.7 Å². The lowest BCUT2D eigenvalue weighted by Crippen LogP contribution is -1.90. The summed E-state index contributed by atoms with van der Waals surface area (Å²) < 4.78 is 7.22. The van der Waals surface area contributed by atoms with E-state index in [0.29, 0.717) is 0 Å². The van der Waals surface area contributed by atoms with Crippen LogP contribution in [0.1, 0.15) is 0 Å². The number of thiophene rings is 1. The second kappa shape index (κ2) is 6.64. The minimum atomic E-state index is 0.775. The first-order valence-electron chi connectivity index (χ1n) is 8.18. The highest BCUT2D eigenvalue weighted by molar-refractivity contribution is 7.99. The molecule has 1 aromatic carbocycles. The molecule has 0 fully saturated rings. The fourth-order valence-corrected chi connectivity index (χ4v) is 4.78. The van der Waals surface area contributed by atoms with E-state index in [4.69, 9.17) is 4.74 Å². The Morgan fingerprint density at radius 1 is 1.04 bits per heavy atom. The van der Waals surface area contributed by atoms with Crippen molar-refractivity contribution in [3.05, 3.63) is 60.4 Å². The van der Waals surface area contributed by atoms with Crippen LogP contribution in [0.4, 0.5) is 0 Å². The van der Waals surface area contributed by atoms with E-state index in [1.165, 1.54) is 11.8 Å². The van der Waals surface area contributed by atoms with Gasteiger partial charge in [0.05, 0.1) is 12.5 Å². The van der Waals surface area contributed by atoms with Crippen LogP contribution in [-0.2, 0) is 0 Å². The van der Waals surface area contributed by atoms with Crippen molar-refractivity contribution in [3.63, 3.8) is 0 Å². The van der Waals surface area contributed by atoms with E-state index in [-0.39, 0.29) is 0 Å². The number of nitrogens with zero attached hydrogens (tertiary/aromatic N) is 5. The predicted octanol–water partition coefficient (Wildman–Crippen LogP) is 4.56. The standard InChI is InChI=1S/C19H13N5OS2/c1-25-13-7-5-12(6-8-13)14-10-26-17-16(14)18(21-11-20-17)27-19-23-22-15-4-2-3-9-24(15)19/h2-11H,1H3. The summed E-state index contributed by atoms with van der Waals surface area (Å²) in [7, 11) is 1.67. The van der Waals surface area contributed by atoms with Gasteiger partial charge in [0.1, 0.15) is 21.9 Å². The van der Waals surface area contributed by atoms with Gasteiger partial charge in [-0.05, 0) is 41.6 Å². The summed E-state index contributed by atoms with van der Waals surface area (Å²) >= 11 is 3.11. The molecule has 27 heavy (non-hydrogen) atoms. The van der Waals surface area contributed by atoms with Crippen molar-refractivity contribution in [1.82, 2.24) is 24.6 Å². The van der Waals surface area contributed by atoms with Crippen LogP contribution in [0.3, 0.4) is 0 Å². The van der Waals surface area contributed by atoms with Crippen molar-refractivity contribution in [1.29, 1.82) is 0 Å². The Hall–Kier alpha value is -2.97. The zero-order chi connectivity index (χ0) is 18.2. The highest BCUT2D eigenvalue weighted by Gasteiger charge is 2.16. The number of hydrogen-bond donors (Lipinski definition) is 0. The van der Waals surface area contributed by atoms with Crippen molar-refractivity contribution in [2.45, 2.75) is 10.2 Å². The lowest BCUT2D eigenvalue weighted by Gasteiger charge is -2.05. The molecule has 4 heterocycles. The fraction of sp³-hybridized carbons (Fsp3) is 0.0526. The first-order valence-corrected chi connectivity index (χ1v) is 9.87. The summed E-state index contributed by atoms with van der Waals surface area (Å²) in [5, 5.41) is 13.3. The number of aromatic nitrogens is 5. The molecule has 132 valence electrons. The summed E-state index contributed by atoms with van der Waals surface area (Å²) in [5.41, 5.74) is 3.02. The number of pyridine rings is 1. The minimum Gasteiger partial charge on any atom is -0.497 e. The maximum absolute atomic E-state index is 5.26. The smallest absolute Gasteiger partial charge is 0.201 e. The lowest BCUT2D eigenvalue weighted by atomic mass is 10.1. The molecule has 0 aliphatic heterocycles. The van der Waals surface area contributed by atoms with Gasteiger partial charge < -0.3 is 4.74 Å². The van der Waals surface area contributed by atoms with Crippen LogP contribution >= 0.6 is 23.1 Å². The molecule has 0 aliphatic rings. The van der Waals surface area contributed by atoms with Crippen LogP contribution in [0.5, 0.6) is 5.75 Å². The molecular formula is C19H13N5OS2. The van der Waals surface area contributed by atoms with Gasteiger partial charge in [0.15, 0.2) is 5.65 Å². The molecule has 0 atom stereocenters. The van der Waals surface area contributed by atoms with Crippen molar-refractivity contribution in [2.75, 3.05) is 7.11 Å². The number of methoxy groups -OCH3 is 1. The van der Waals surface area contributed by atoms with Crippen molar-refractivity contribution < 1.29 is 4.74 Å². The molecule has 8 heteroatoms. The Labute approximate surface area is 162 Å². The van der Waals surface area contributed by atoms with Gasteiger partial charge in [0.2, 0.25) is 5.16 Å². The molecule has 0 spiro atoms. The highest BCUT2D eigenvalue weighted by Crippen LogP contribution is 2.39. The average Bonchev–Trinajstić information content (AvgIpc) is 3.33. The van der Waals surface area contributed by atoms with Crippen LogP contribution in [0.25, 0.3) is 27.0 Å². The van der Waals surface area contributed by atoms with Gasteiger partial charge >= 0.3 is 0 Å². The fourth-order valence-electron chi connectivity index (χ4n) is 2.88. The highest BCUT2D eigenvalue weighted by atomic mass is 32.2. The molecule has 0 aliphatic carbocycles. The summed E-state index contributed by atoms with van der Waals surface area (Å²) in [6, 6.07) is 13.9. The summed E-state index contributed by atoms with van der Waals surface area (Å²) in [6.45, 7) is 0. The van der Waals surface area contributed by atoms with Gasteiger partial charge in [-0.1, -0.05) is 18.2 Å². The van der Waals surface area contributed by atoms with E-state index in [1.54, 1.807) is 24.8 Å². The zero-order valence-corrected chi connectivity index (χ0v) is 15.9. The van der Waals surface area contributed by atoms with Gasteiger partial charge in [-0.3, -0.25) is 4.40 Å². The molecule has 0 amide bonds. The van der Waals surface area contributed by atoms with Crippen LogP contribution in [0.2, 0.25) is 0 Å². The molecule has 4 aromatic heterocycles. The minimum absolute atomic E-state index is 0.775. The Kier molecular flexibility index (Phi) is 3.99. The molecule has 0 bridgehead atoms. The van der Waals surface area contributed by atoms with E-state index < -0.39 is 0 Å². The predicted molar refractivity (Wildman–Crippen MR) is 107 cm³/mol. The van der Waals surface area contributed by atoms with Crippen molar-refractivity contribution >= 4 is 39.0 Å². The molecule has 0 saturated heterocycles. The molecule has 0 unspecified atom stereocenters.